The third kappa shape index (κ3) is 2.61. The first-order valence-electron chi connectivity index (χ1n) is 5.68. The van der Waals surface area contributed by atoms with Crippen LogP contribution >= 0.6 is 0 Å². The molecule has 6 heteroatoms. The number of nitrogens with zero attached hydrogens (tertiary/aromatic N) is 3. The van der Waals surface area contributed by atoms with Crippen molar-refractivity contribution in [3.05, 3.63) is 47.2 Å². The molecule has 2 rings (SSSR count). The lowest BCUT2D eigenvalue weighted by molar-refractivity contribution is 0.102. The SMILES string of the molecule is Cn1ncc(C#N)c1NC(=O)c1ccc(CN)cc1. The average Bonchev–Trinajstić information content (AvgIpc) is 2.79. The predicted molar refractivity (Wildman–Crippen MR) is 70.2 cm³/mol. The molecular weight excluding hydrogens is 242 g/mol. The van der Waals surface area contributed by atoms with Crippen LogP contribution in [0.5, 0.6) is 0 Å². The van der Waals surface area contributed by atoms with E-state index in [2.05, 4.69) is 10.4 Å². The van der Waals surface area contributed by atoms with E-state index in [-0.39, 0.29) is 5.91 Å². The molecular formula is C13H13N5O. The first-order valence-corrected chi connectivity index (χ1v) is 5.68. The van der Waals surface area contributed by atoms with Gasteiger partial charge in [0, 0.05) is 19.2 Å². The lowest BCUT2D eigenvalue weighted by Gasteiger charge is -2.06. The highest BCUT2D eigenvalue weighted by Gasteiger charge is 2.12. The molecule has 0 atom stereocenters. The normalized spacial score (nSPS) is 9.95. The molecule has 0 saturated heterocycles. The van der Waals surface area contributed by atoms with Gasteiger partial charge in [-0.2, -0.15) is 10.4 Å². The molecule has 6 nitrogen and oxygen atoms in total. The number of nitrogens with one attached hydrogen (secondary N) is 1. The number of aryl methyl sites for hydroxylation is 1. The van der Waals surface area contributed by atoms with Crippen LogP contribution in [0.4, 0.5) is 5.82 Å². The van der Waals surface area contributed by atoms with Gasteiger partial charge in [-0.25, -0.2) is 0 Å². The van der Waals surface area contributed by atoms with Crippen LogP contribution in [0.25, 0.3) is 0 Å². The molecule has 1 aromatic heterocycles. The third-order valence-corrected chi connectivity index (χ3v) is 2.74. The summed E-state index contributed by atoms with van der Waals surface area (Å²) in [5.41, 5.74) is 7.28. The largest absolute Gasteiger partial charge is 0.326 e. The zero-order valence-electron chi connectivity index (χ0n) is 10.4. The zero-order valence-corrected chi connectivity index (χ0v) is 10.4. The summed E-state index contributed by atoms with van der Waals surface area (Å²) in [6.45, 7) is 0.433. The Morgan fingerprint density at radius 2 is 2.16 bits per heavy atom. The lowest BCUT2D eigenvalue weighted by Crippen LogP contribution is -2.15. The molecule has 1 aromatic carbocycles. The highest BCUT2D eigenvalue weighted by Crippen LogP contribution is 2.14. The summed E-state index contributed by atoms with van der Waals surface area (Å²) in [4.78, 5) is 12.0. The minimum Gasteiger partial charge on any atom is -0.326 e. The fraction of sp³-hybridized carbons (Fsp3) is 0.154. The second-order valence-electron chi connectivity index (χ2n) is 4.00. The van der Waals surface area contributed by atoms with Crippen LogP contribution in [0.15, 0.2) is 30.5 Å². The van der Waals surface area contributed by atoms with E-state index < -0.39 is 0 Å². The standard InChI is InChI=1S/C13H13N5O/c1-18-12(11(7-15)8-16-18)17-13(19)10-4-2-9(6-14)3-5-10/h2-5,8H,6,14H2,1H3,(H,17,19). The maximum Gasteiger partial charge on any atom is 0.256 e. The predicted octanol–water partition coefficient (Wildman–Crippen LogP) is 1.00. The molecule has 1 heterocycles. The second-order valence-corrected chi connectivity index (χ2v) is 4.00. The molecule has 0 aliphatic heterocycles. The van der Waals surface area contributed by atoms with Gasteiger partial charge in [0.1, 0.15) is 17.5 Å². The fourth-order valence-corrected chi connectivity index (χ4v) is 1.64. The van der Waals surface area contributed by atoms with Crippen LogP contribution in [0, 0.1) is 11.3 Å². The smallest absolute Gasteiger partial charge is 0.256 e. The molecule has 19 heavy (non-hydrogen) atoms. The topological polar surface area (TPSA) is 96.7 Å². The van der Waals surface area contributed by atoms with Crippen LogP contribution in [0.2, 0.25) is 0 Å². The summed E-state index contributed by atoms with van der Waals surface area (Å²) in [5, 5.41) is 15.5. The Morgan fingerprint density at radius 3 is 2.74 bits per heavy atom. The van der Waals surface area contributed by atoms with E-state index in [0.29, 0.717) is 23.5 Å². The Balaban J connectivity index is 2.21. The van der Waals surface area contributed by atoms with Crippen LogP contribution in [-0.2, 0) is 13.6 Å². The second kappa shape index (κ2) is 5.33. The van der Waals surface area contributed by atoms with Gasteiger partial charge in [-0.05, 0) is 17.7 Å². The molecule has 0 aliphatic carbocycles. The Bertz CT molecular complexity index is 636. The van der Waals surface area contributed by atoms with Crippen LogP contribution < -0.4 is 11.1 Å². The number of amides is 1. The maximum absolute atomic E-state index is 12.0. The molecule has 0 spiro atoms. The van der Waals surface area contributed by atoms with Gasteiger partial charge in [0.05, 0.1) is 6.20 Å². The van der Waals surface area contributed by atoms with E-state index in [4.69, 9.17) is 11.0 Å². The van der Waals surface area contributed by atoms with E-state index in [9.17, 15) is 4.79 Å². The highest BCUT2D eigenvalue weighted by molar-refractivity contribution is 6.04. The molecule has 96 valence electrons. The highest BCUT2D eigenvalue weighted by atomic mass is 16.1. The molecule has 0 radical (unpaired) electrons. The molecule has 1 amide bonds. The van der Waals surface area contributed by atoms with Crippen molar-refractivity contribution in [2.24, 2.45) is 12.8 Å². The van der Waals surface area contributed by atoms with Gasteiger partial charge in [0.25, 0.3) is 5.91 Å². The average molecular weight is 255 g/mol. The number of anilines is 1. The first-order chi connectivity index (χ1) is 9.15. The monoisotopic (exact) mass is 255 g/mol. The Hall–Kier alpha value is -2.65. The van der Waals surface area contributed by atoms with Gasteiger partial charge < -0.3 is 11.1 Å². The van der Waals surface area contributed by atoms with Crippen molar-refractivity contribution >= 4 is 11.7 Å². The summed E-state index contributed by atoms with van der Waals surface area (Å²) in [6, 6.07) is 8.96. The first kappa shape index (κ1) is 12.8. The van der Waals surface area contributed by atoms with E-state index in [0.717, 1.165) is 5.56 Å². The number of hydrogen-bond donors (Lipinski definition) is 2. The van der Waals surface area contributed by atoms with E-state index >= 15 is 0 Å². The van der Waals surface area contributed by atoms with Gasteiger partial charge in [0.2, 0.25) is 0 Å². The third-order valence-electron chi connectivity index (χ3n) is 2.74. The number of nitriles is 1. The lowest BCUT2D eigenvalue weighted by atomic mass is 10.1. The summed E-state index contributed by atoms with van der Waals surface area (Å²) in [5.74, 6) is 0.0964. The van der Waals surface area contributed by atoms with Crippen molar-refractivity contribution in [3.63, 3.8) is 0 Å². The van der Waals surface area contributed by atoms with Gasteiger partial charge in [0.15, 0.2) is 0 Å². The van der Waals surface area contributed by atoms with Crippen LogP contribution in [0.3, 0.4) is 0 Å². The maximum atomic E-state index is 12.0. The minimum atomic E-state index is -0.288. The number of rotatable bonds is 3. The van der Waals surface area contributed by atoms with Gasteiger partial charge in [-0.15, -0.1) is 0 Å². The van der Waals surface area contributed by atoms with Crippen molar-refractivity contribution in [3.8, 4) is 6.07 Å². The molecule has 0 unspecified atom stereocenters. The zero-order chi connectivity index (χ0) is 13.8. The molecule has 0 fully saturated rings. The number of nitrogens with two attached hydrogens (primary N) is 1. The van der Waals surface area contributed by atoms with E-state index in [1.54, 1.807) is 31.3 Å². The summed E-state index contributed by atoms with van der Waals surface area (Å²) >= 11 is 0. The van der Waals surface area contributed by atoms with Crippen molar-refractivity contribution in [1.82, 2.24) is 9.78 Å². The van der Waals surface area contributed by atoms with Crippen molar-refractivity contribution < 1.29 is 4.79 Å². The van der Waals surface area contributed by atoms with Crippen molar-refractivity contribution in [2.75, 3.05) is 5.32 Å². The van der Waals surface area contributed by atoms with Crippen LogP contribution in [0.1, 0.15) is 21.5 Å². The molecule has 0 bridgehead atoms. The van der Waals surface area contributed by atoms with Gasteiger partial charge >= 0.3 is 0 Å². The summed E-state index contributed by atoms with van der Waals surface area (Å²) in [6.07, 6.45) is 1.41. The fourth-order valence-electron chi connectivity index (χ4n) is 1.64. The number of carbonyl (C=O) groups is 1. The molecule has 2 aromatic rings. The van der Waals surface area contributed by atoms with Crippen LogP contribution in [-0.4, -0.2) is 15.7 Å². The summed E-state index contributed by atoms with van der Waals surface area (Å²) in [7, 11) is 1.66. The quantitative estimate of drug-likeness (QED) is 0.855. The van der Waals surface area contributed by atoms with E-state index in [1.807, 2.05) is 6.07 Å². The Morgan fingerprint density at radius 1 is 1.47 bits per heavy atom. The molecule has 0 aliphatic rings. The molecule has 3 N–H and O–H groups in total. The van der Waals surface area contributed by atoms with E-state index in [1.165, 1.54) is 10.9 Å². The van der Waals surface area contributed by atoms with Gasteiger partial charge in [-0.3, -0.25) is 9.48 Å². The Kier molecular flexibility index (Phi) is 3.59. The number of benzene rings is 1. The van der Waals surface area contributed by atoms with Crippen molar-refractivity contribution in [2.45, 2.75) is 6.54 Å². The molecule has 0 saturated carbocycles. The number of aromatic nitrogens is 2. The number of hydrogen-bond acceptors (Lipinski definition) is 4. The van der Waals surface area contributed by atoms with Crippen molar-refractivity contribution in [1.29, 1.82) is 5.26 Å². The number of carbonyl (C=O) groups excluding carboxylic acids is 1. The Labute approximate surface area is 110 Å². The minimum absolute atomic E-state index is 0.288. The summed E-state index contributed by atoms with van der Waals surface area (Å²) < 4.78 is 1.45. The van der Waals surface area contributed by atoms with Gasteiger partial charge in [-0.1, -0.05) is 12.1 Å².